The fraction of sp³-hybridized carbons (Fsp3) is 0.889. The molecule has 0 amide bonds. The van der Waals surface area contributed by atoms with Crippen molar-refractivity contribution in [1.82, 2.24) is 0 Å². The van der Waals surface area contributed by atoms with Gasteiger partial charge in [0.1, 0.15) is 6.17 Å². The van der Waals surface area contributed by atoms with E-state index in [-0.39, 0.29) is 42.4 Å². The van der Waals surface area contributed by atoms with Crippen LogP contribution < -0.4 is 34.7 Å². The first-order chi connectivity index (χ1) is 5.66. The van der Waals surface area contributed by atoms with Gasteiger partial charge in [-0.3, -0.25) is 0 Å². The number of carbonyl (C=O) groups excluding carboxylic acids is 1. The summed E-state index contributed by atoms with van der Waals surface area (Å²) in [5.74, 6) is -1.16. The Balaban J connectivity index is 0. The second-order valence-corrected chi connectivity index (χ2v) is 3.00. The summed E-state index contributed by atoms with van der Waals surface area (Å²) in [7, 11) is 0. The van der Waals surface area contributed by atoms with Gasteiger partial charge in [-0.25, -0.2) is 4.39 Å². The minimum atomic E-state index is -1.16. The molecule has 0 aliphatic carbocycles. The summed E-state index contributed by atoms with van der Waals surface area (Å²) >= 11 is 0. The van der Waals surface area contributed by atoms with Gasteiger partial charge in [-0.2, -0.15) is 0 Å². The van der Waals surface area contributed by atoms with E-state index in [9.17, 15) is 14.3 Å². The number of unbranched alkanes of at least 4 members (excludes halogenated alkanes) is 2. The maximum absolute atomic E-state index is 12.8. The van der Waals surface area contributed by atoms with E-state index < -0.39 is 12.1 Å². The first-order valence-electron chi connectivity index (χ1n) is 4.50. The van der Waals surface area contributed by atoms with Crippen molar-refractivity contribution in [3.8, 4) is 0 Å². The molecule has 0 bridgehead atoms. The molecule has 0 saturated heterocycles. The van der Waals surface area contributed by atoms with Crippen LogP contribution in [-0.2, 0) is 4.79 Å². The minimum Gasteiger partial charge on any atom is -0.550 e. The molecular formula is C9H16FNaO2. The fourth-order valence-electron chi connectivity index (χ4n) is 1.03. The largest absolute Gasteiger partial charge is 1.00 e. The molecule has 0 spiro atoms. The quantitative estimate of drug-likeness (QED) is 0.366. The summed E-state index contributed by atoms with van der Waals surface area (Å²) in [5, 5.41) is 9.96. The molecule has 0 rings (SSSR count). The van der Waals surface area contributed by atoms with E-state index in [0.29, 0.717) is 6.42 Å². The molecular weight excluding hydrogens is 182 g/mol. The van der Waals surface area contributed by atoms with Crippen LogP contribution in [0.15, 0.2) is 0 Å². The van der Waals surface area contributed by atoms with Crippen LogP contribution in [-0.4, -0.2) is 12.1 Å². The average Bonchev–Trinajstić information content (AvgIpc) is 2.01. The van der Waals surface area contributed by atoms with Crippen LogP contribution in [0, 0.1) is 0 Å². The van der Waals surface area contributed by atoms with Gasteiger partial charge < -0.3 is 9.90 Å². The van der Waals surface area contributed by atoms with Crippen molar-refractivity contribution in [2.24, 2.45) is 0 Å². The summed E-state index contributed by atoms with van der Waals surface area (Å²) < 4.78 is 12.8. The van der Waals surface area contributed by atoms with Crippen molar-refractivity contribution in [2.75, 3.05) is 0 Å². The zero-order valence-electron chi connectivity index (χ0n) is 8.51. The first kappa shape index (κ1) is 15.9. The Bertz CT molecular complexity index is 131. The number of halogens is 1. The summed E-state index contributed by atoms with van der Waals surface area (Å²) in [6, 6.07) is 0. The number of carboxylic acid groups (broad SMARTS) is 1. The van der Waals surface area contributed by atoms with Crippen molar-refractivity contribution < 1.29 is 43.8 Å². The number of alkyl halides is 1. The number of hydrogen-bond donors (Lipinski definition) is 0. The minimum absolute atomic E-state index is 0. The van der Waals surface area contributed by atoms with E-state index >= 15 is 0 Å². The molecule has 0 aromatic carbocycles. The Hall–Kier alpha value is 0.400. The number of aliphatic carboxylic acids is 1. The maximum atomic E-state index is 12.8. The predicted molar refractivity (Wildman–Crippen MR) is 43.3 cm³/mol. The van der Waals surface area contributed by atoms with Gasteiger partial charge in [0.25, 0.3) is 0 Å². The third-order valence-electron chi connectivity index (χ3n) is 1.78. The molecule has 0 heterocycles. The molecule has 1 unspecified atom stereocenters. The van der Waals surface area contributed by atoms with Crippen LogP contribution >= 0.6 is 0 Å². The standard InChI is InChI=1S/C9H17FO2.Na/c1-2-3-4-5-8(10)6-7-9(11)12;/h8H,2-7H2,1H3,(H,11,12);/q;+1/p-1. The van der Waals surface area contributed by atoms with Gasteiger partial charge in [0.2, 0.25) is 0 Å². The average molecular weight is 198 g/mol. The molecule has 0 aliphatic rings. The normalized spacial score (nSPS) is 11.8. The molecule has 0 saturated carbocycles. The predicted octanol–water partition coefficient (Wildman–Crippen LogP) is -1.56. The molecule has 2 nitrogen and oxygen atoms in total. The van der Waals surface area contributed by atoms with Crippen molar-refractivity contribution in [2.45, 2.75) is 51.6 Å². The molecule has 0 aromatic rings. The molecule has 0 aliphatic heterocycles. The molecule has 72 valence electrons. The van der Waals surface area contributed by atoms with Crippen LogP contribution in [0.2, 0.25) is 0 Å². The Morgan fingerprint density at radius 2 is 2.00 bits per heavy atom. The number of hydrogen-bond acceptors (Lipinski definition) is 2. The Labute approximate surface area is 101 Å². The van der Waals surface area contributed by atoms with Crippen LogP contribution in [0.1, 0.15) is 45.4 Å². The van der Waals surface area contributed by atoms with Gasteiger partial charge in [-0.1, -0.05) is 26.2 Å². The van der Waals surface area contributed by atoms with E-state index in [4.69, 9.17) is 0 Å². The Morgan fingerprint density at radius 3 is 2.46 bits per heavy atom. The molecule has 1 atom stereocenters. The molecule has 0 aromatic heterocycles. The second-order valence-electron chi connectivity index (χ2n) is 3.00. The van der Waals surface area contributed by atoms with Crippen molar-refractivity contribution in [3.63, 3.8) is 0 Å². The smallest absolute Gasteiger partial charge is 0.550 e. The first-order valence-corrected chi connectivity index (χ1v) is 4.50. The summed E-state index contributed by atoms with van der Waals surface area (Å²) in [4.78, 5) is 9.96. The van der Waals surface area contributed by atoms with Gasteiger partial charge in [-0.05, 0) is 19.3 Å². The third-order valence-corrected chi connectivity index (χ3v) is 1.78. The summed E-state index contributed by atoms with van der Waals surface area (Å²) in [5.41, 5.74) is 0. The van der Waals surface area contributed by atoms with E-state index in [0.717, 1.165) is 19.3 Å². The maximum Gasteiger partial charge on any atom is 1.00 e. The van der Waals surface area contributed by atoms with Gasteiger partial charge in [0.05, 0.1) is 0 Å². The van der Waals surface area contributed by atoms with Crippen molar-refractivity contribution in [3.05, 3.63) is 0 Å². The monoisotopic (exact) mass is 198 g/mol. The summed E-state index contributed by atoms with van der Waals surface area (Å²) in [6.45, 7) is 2.05. The molecule has 4 heteroatoms. The molecule has 0 fully saturated rings. The number of carboxylic acids is 1. The topological polar surface area (TPSA) is 40.1 Å². The van der Waals surface area contributed by atoms with E-state index in [1.165, 1.54) is 0 Å². The van der Waals surface area contributed by atoms with Gasteiger partial charge >= 0.3 is 29.6 Å². The fourth-order valence-corrected chi connectivity index (χ4v) is 1.03. The molecule has 13 heavy (non-hydrogen) atoms. The van der Waals surface area contributed by atoms with Crippen LogP contribution in [0.5, 0.6) is 0 Å². The van der Waals surface area contributed by atoms with Crippen LogP contribution in [0.3, 0.4) is 0 Å². The zero-order valence-corrected chi connectivity index (χ0v) is 10.5. The van der Waals surface area contributed by atoms with Gasteiger partial charge in [-0.15, -0.1) is 0 Å². The van der Waals surface area contributed by atoms with Crippen LogP contribution in [0.25, 0.3) is 0 Å². The Kier molecular flexibility index (Phi) is 12.8. The van der Waals surface area contributed by atoms with Crippen LogP contribution in [0.4, 0.5) is 4.39 Å². The number of carbonyl (C=O) groups is 1. The summed E-state index contributed by atoms with van der Waals surface area (Å²) in [6.07, 6.45) is 2.40. The van der Waals surface area contributed by atoms with Crippen molar-refractivity contribution >= 4 is 5.97 Å². The third kappa shape index (κ3) is 12.4. The van der Waals surface area contributed by atoms with E-state index in [2.05, 4.69) is 6.92 Å². The zero-order chi connectivity index (χ0) is 9.40. The molecule has 0 N–H and O–H groups in total. The SMILES string of the molecule is CCCCCC(F)CCC(=O)[O-].[Na+]. The van der Waals surface area contributed by atoms with E-state index in [1.807, 2.05) is 0 Å². The van der Waals surface area contributed by atoms with Crippen molar-refractivity contribution in [1.29, 1.82) is 0 Å². The van der Waals surface area contributed by atoms with Gasteiger partial charge in [0.15, 0.2) is 0 Å². The Morgan fingerprint density at radius 1 is 1.38 bits per heavy atom. The van der Waals surface area contributed by atoms with Gasteiger partial charge in [0, 0.05) is 5.97 Å². The molecule has 0 radical (unpaired) electrons. The van der Waals surface area contributed by atoms with E-state index in [1.54, 1.807) is 0 Å². The number of rotatable bonds is 7. The second kappa shape index (κ2) is 10.5.